The summed E-state index contributed by atoms with van der Waals surface area (Å²) >= 11 is 0. The van der Waals surface area contributed by atoms with Crippen LogP contribution in [-0.4, -0.2) is 21.6 Å². The van der Waals surface area contributed by atoms with Crippen molar-refractivity contribution in [3.05, 3.63) is 29.3 Å². The number of aryl methyl sites for hydroxylation is 1. The van der Waals surface area contributed by atoms with Gasteiger partial charge in [-0.05, 0) is 24.6 Å². The Morgan fingerprint density at radius 3 is 2.61 bits per heavy atom. The SMILES string of the molecule is C[Si]C#Cc1ccc(C)c(NC(=O)C(F)(F)F)c1. The highest BCUT2D eigenvalue weighted by atomic mass is 28.2. The first-order chi connectivity index (χ1) is 8.34. The second-order valence-corrected chi connectivity index (χ2v) is 4.23. The van der Waals surface area contributed by atoms with Gasteiger partial charge in [-0.1, -0.05) is 18.5 Å². The normalized spacial score (nSPS) is 10.5. The third kappa shape index (κ3) is 3.93. The van der Waals surface area contributed by atoms with Crippen LogP contribution in [0, 0.1) is 18.4 Å². The molecule has 0 atom stereocenters. The molecule has 1 rings (SSSR count). The van der Waals surface area contributed by atoms with Crippen LogP contribution in [0.3, 0.4) is 0 Å². The number of halogens is 3. The van der Waals surface area contributed by atoms with Gasteiger partial charge in [0, 0.05) is 11.3 Å². The molecule has 0 aliphatic rings. The summed E-state index contributed by atoms with van der Waals surface area (Å²) in [5.41, 5.74) is 4.10. The van der Waals surface area contributed by atoms with Crippen molar-refractivity contribution >= 4 is 21.1 Å². The minimum absolute atomic E-state index is 0.128. The minimum atomic E-state index is -4.89. The minimum Gasteiger partial charge on any atom is -0.318 e. The van der Waals surface area contributed by atoms with Gasteiger partial charge in [-0.3, -0.25) is 4.79 Å². The van der Waals surface area contributed by atoms with Crippen LogP contribution in [-0.2, 0) is 4.79 Å². The van der Waals surface area contributed by atoms with E-state index < -0.39 is 12.1 Å². The summed E-state index contributed by atoms with van der Waals surface area (Å²) in [4.78, 5) is 10.8. The molecule has 0 aliphatic carbocycles. The largest absolute Gasteiger partial charge is 0.471 e. The first-order valence-corrected chi connectivity index (χ1v) is 6.51. The van der Waals surface area contributed by atoms with Gasteiger partial charge in [0.1, 0.15) is 9.52 Å². The summed E-state index contributed by atoms with van der Waals surface area (Å²) in [6.07, 6.45) is -4.89. The van der Waals surface area contributed by atoms with Gasteiger partial charge in [-0.25, -0.2) is 0 Å². The average Bonchev–Trinajstić information content (AvgIpc) is 2.28. The van der Waals surface area contributed by atoms with Gasteiger partial charge < -0.3 is 5.32 Å². The molecular formula is C12H10F3NOSi. The van der Waals surface area contributed by atoms with E-state index in [1.165, 1.54) is 6.07 Å². The number of alkyl halides is 3. The van der Waals surface area contributed by atoms with Crippen LogP contribution < -0.4 is 5.32 Å². The number of benzene rings is 1. The molecule has 0 heterocycles. The van der Waals surface area contributed by atoms with Crippen molar-refractivity contribution in [2.45, 2.75) is 19.6 Å². The van der Waals surface area contributed by atoms with E-state index in [-0.39, 0.29) is 5.69 Å². The molecule has 0 aliphatic heterocycles. The van der Waals surface area contributed by atoms with Gasteiger partial charge in [0.2, 0.25) is 0 Å². The predicted octanol–water partition coefficient (Wildman–Crippen LogP) is 2.56. The summed E-state index contributed by atoms with van der Waals surface area (Å²) < 4.78 is 36.4. The molecule has 1 aromatic carbocycles. The average molecular weight is 269 g/mol. The van der Waals surface area contributed by atoms with E-state index in [4.69, 9.17) is 0 Å². The van der Waals surface area contributed by atoms with Crippen LogP contribution in [0.15, 0.2) is 18.2 Å². The number of hydrogen-bond acceptors (Lipinski definition) is 1. The molecule has 1 N–H and O–H groups in total. The van der Waals surface area contributed by atoms with Gasteiger partial charge in [0.25, 0.3) is 0 Å². The zero-order valence-corrected chi connectivity index (χ0v) is 10.8. The number of amides is 1. The zero-order chi connectivity index (χ0) is 13.8. The molecule has 0 bridgehead atoms. The highest BCUT2D eigenvalue weighted by Crippen LogP contribution is 2.21. The first kappa shape index (κ1) is 14.3. The highest BCUT2D eigenvalue weighted by Gasteiger charge is 2.38. The Balaban J connectivity index is 2.98. The standard InChI is InChI=1S/C12H10F3NOSi/c1-8-3-4-9(5-6-18-2)7-10(8)16-11(17)12(13,14)15/h3-4,7H,1-2H3,(H,16,17). The molecule has 2 nitrogen and oxygen atoms in total. The van der Waals surface area contributed by atoms with Crippen molar-refractivity contribution in [3.63, 3.8) is 0 Å². The maximum Gasteiger partial charge on any atom is 0.471 e. The van der Waals surface area contributed by atoms with Crippen molar-refractivity contribution in [3.8, 4) is 11.5 Å². The monoisotopic (exact) mass is 269 g/mol. The fraction of sp³-hybridized carbons (Fsp3) is 0.250. The van der Waals surface area contributed by atoms with Crippen molar-refractivity contribution in [1.29, 1.82) is 0 Å². The summed E-state index contributed by atoms with van der Waals surface area (Å²) in [6.45, 7) is 3.51. The van der Waals surface area contributed by atoms with Crippen LogP contribution >= 0.6 is 0 Å². The second-order valence-electron chi connectivity index (χ2n) is 3.48. The summed E-state index contributed by atoms with van der Waals surface area (Å²) in [7, 11) is 0.436. The Labute approximate surface area is 105 Å². The quantitative estimate of drug-likeness (QED) is 0.616. The van der Waals surface area contributed by atoms with Crippen LogP contribution in [0.1, 0.15) is 11.1 Å². The smallest absolute Gasteiger partial charge is 0.318 e. The Morgan fingerprint density at radius 1 is 1.39 bits per heavy atom. The molecule has 0 spiro atoms. The second kappa shape index (κ2) is 5.73. The highest BCUT2D eigenvalue weighted by molar-refractivity contribution is 6.44. The molecule has 2 radical (unpaired) electrons. The lowest BCUT2D eigenvalue weighted by Gasteiger charge is -2.10. The van der Waals surface area contributed by atoms with Crippen molar-refractivity contribution < 1.29 is 18.0 Å². The zero-order valence-electron chi connectivity index (χ0n) is 9.77. The number of rotatable bonds is 1. The first-order valence-electron chi connectivity index (χ1n) is 5.01. The summed E-state index contributed by atoms with van der Waals surface area (Å²) in [6, 6.07) is 4.76. The van der Waals surface area contributed by atoms with Crippen LogP contribution in [0.2, 0.25) is 6.55 Å². The van der Waals surface area contributed by atoms with Gasteiger partial charge in [0.15, 0.2) is 0 Å². The maximum absolute atomic E-state index is 12.1. The van der Waals surface area contributed by atoms with Crippen LogP contribution in [0.4, 0.5) is 18.9 Å². The van der Waals surface area contributed by atoms with Crippen LogP contribution in [0.25, 0.3) is 0 Å². The van der Waals surface area contributed by atoms with E-state index in [9.17, 15) is 18.0 Å². The van der Waals surface area contributed by atoms with E-state index in [0.717, 1.165) is 0 Å². The van der Waals surface area contributed by atoms with Gasteiger partial charge in [-0.15, -0.1) is 5.54 Å². The summed E-state index contributed by atoms with van der Waals surface area (Å²) in [5, 5.41) is 1.84. The molecule has 6 heteroatoms. The number of carbonyl (C=O) groups is 1. The third-order valence-corrected chi connectivity index (χ3v) is 2.45. The molecule has 0 saturated carbocycles. The van der Waals surface area contributed by atoms with E-state index in [0.29, 0.717) is 20.6 Å². The van der Waals surface area contributed by atoms with Gasteiger partial charge >= 0.3 is 12.1 Å². The topological polar surface area (TPSA) is 29.1 Å². The molecule has 1 aromatic rings. The van der Waals surface area contributed by atoms with E-state index in [1.807, 2.05) is 11.9 Å². The lowest BCUT2D eigenvalue weighted by Crippen LogP contribution is -2.30. The fourth-order valence-corrected chi connectivity index (χ4v) is 1.43. The Kier molecular flexibility index (Phi) is 4.56. The molecular weight excluding hydrogens is 259 g/mol. The Hall–Kier alpha value is -1.74. The predicted molar refractivity (Wildman–Crippen MR) is 64.4 cm³/mol. The third-order valence-electron chi connectivity index (χ3n) is 2.08. The molecule has 0 unspecified atom stereocenters. The molecule has 0 aromatic heterocycles. The Bertz CT molecular complexity index is 514. The summed E-state index contributed by atoms with van der Waals surface area (Å²) in [5.74, 6) is 0.825. The van der Waals surface area contributed by atoms with Gasteiger partial charge in [0.05, 0.1) is 0 Å². The van der Waals surface area contributed by atoms with Gasteiger partial charge in [-0.2, -0.15) is 13.2 Å². The maximum atomic E-state index is 12.1. The number of anilines is 1. The number of carbonyl (C=O) groups excluding carboxylic acids is 1. The van der Waals surface area contributed by atoms with Crippen molar-refractivity contribution in [2.75, 3.05) is 5.32 Å². The van der Waals surface area contributed by atoms with E-state index in [1.54, 1.807) is 19.1 Å². The molecule has 18 heavy (non-hydrogen) atoms. The van der Waals surface area contributed by atoms with E-state index >= 15 is 0 Å². The molecule has 0 fully saturated rings. The fourth-order valence-electron chi connectivity index (χ4n) is 1.16. The van der Waals surface area contributed by atoms with Crippen molar-refractivity contribution in [2.24, 2.45) is 0 Å². The lowest BCUT2D eigenvalue weighted by molar-refractivity contribution is -0.167. The van der Waals surface area contributed by atoms with Crippen LogP contribution in [0.5, 0.6) is 0 Å². The van der Waals surface area contributed by atoms with E-state index in [2.05, 4.69) is 11.5 Å². The number of hydrogen-bond donors (Lipinski definition) is 1. The molecule has 94 valence electrons. The van der Waals surface area contributed by atoms with Crippen molar-refractivity contribution in [1.82, 2.24) is 0 Å². The lowest BCUT2D eigenvalue weighted by atomic mass is 10.1. The molecule has 1 amide bonds. The number of nitrogens with one attached hydrogen (secondary N) is 1. The molecule has 0 saturated heterocycles. The Morgan fingerprint density at radius 2 is 2.06 bits per heavy atom.